The fourth-order valence-corrected chi connectivity index (χ4v) is 15.9. The first-order valence-electron chi connectivity index (χ1n) is 20.5. The van der Waals surface area contributed by atoms with Gasteiger partial charge in [-0.3, -0.25) is 8.80 Å². The van der Waals surface area contributed by atoms with E-state index >= 15 is 0 Å². The van der Waals surface area contributed by atoms with Crippen LogP contribution in [0.2, 0.25) is 26.2 Å². The van der Waals surface area contributed by atoms with Crippen LogP contribution in [0.5, 0.6) is 0 Å². The molecule has 12 rings (SSSR count). The van der Waals surface area contributed by atoms with E-state index in [-0.39, 0.29) is 0 Å². The largest absolute Gasteiger partial charge is 0.311 e. The highest BCUT2D eigenvalue weighted by Gasteiger charge is 2.39. The summed E-state index contributed by atoms with van der Waals surface area (Å²) in [7, 11) is -3.75. The van der Waals surface area contributed by atoms with Crippen molar-refractivity contribution in [2.45, 2.75) is 26.2 Å². The quantitative estimate of drug-likeness (QED) is 0.165. The maximum absolute atomic E-state index is 4.81. The minimum Gasteiger partial charge on any atom is -0.311 e. The van der Waals surface area contributed by atoms with Crippen LogP contribution in [0.15, 0.2) is 170 Å². The zero-order valence-electron chi connectivity index (χ0n) is 33.7. The van der Waals surface area contributed by atoms with Gasteiger partial charge in [-0.2, -0.15) is 0 Å². The van der Waals surface area contributed by atoms with E-state index in [4.69, 9.17) is 20.4 Å². The van der Waals surface area contributed by atoms with E-state index in [0.29, 0.717) is 11.3 Å². The van der Waals surface area contributed by atoms with Crippen LogP contribution < -0.4 is 30.5 Å². The number of hydrogen-bond donors (Lipinski definition) is 0. The third-order valence-electron chi connectivity index (χ3n) is 12.9. The fourth-order valence-electron chi connectivity index (χ4n) is 9.94. The van der Waals surface area contributed by atoms with Crippen LogP contribution in [0.25, 0.3) is 45.1 Å². The summed E-state index contributed by atoms with van der Waals surface area (Å²) in [6.45, 7) is 9.81. The Kier molecular flexibility index (Phi) is 7.36. The molecular formula is C50H40N8Si2. The van der Waals surface area contributed by atoms with Crippen LogP contribution in [-0.4, -0.2) is 45.3 Å². The van der Waals surface area contributed by atoms with Crippen molar-refractivity contribution in [3.8, 4) is 22.8 Å². The number of rotatable bonds is 4. The van der Waals surface area contributed by atoms with Crippen molar-refractivity contribution >= 4 is 93.3 Å². The summed E-state index contributed by atoms with van der Waals surface area (Å²) in [5.74, 6) is 1.51. The van der Waals surface area contributed by atoms with Crippen molar-refractivity contribution < 1.29 is 0 Å². The number of fused-ring (bicyclic) bond motifs is 10. The van der Waals surface area contributed by atoms with Gasteiger partial charge in [-0.05, 0) is 106 Å². The first-order chi connectivity index (χ1) is 29.3. The number of anilines is 6. The molecule has 288 valence electrons. The van der Waals surface area contributed by atoms with E-state index in [9.17, 15) is 0 Å². The molecule has 0 N–H and O–H groups in total. The Hall–Kier alpha value is -7.15. The molecule has 60 heavy (non-hydrogen) atoms. The lowest BCUT2D eigenvalue weighted by Gasteiger charge is -2.41. The molecular weight excluding hydrogens is 769 g/mol. The van der Waals surface area contributed by atoms with Crippen molar-refractivity contribution in [3.05, 3.63) is 170 Å². The molecule has 0 aliphatic carbocycles. The van der Waals surface area contributed by atoms with E-state index in [0.717, 1.165) is 45.2 Å². The molecule has 8 nitrogen and oxygen atoms in total. The van der Waals surface area contributed by atoms with E-state index in [1.807, 2.05) is 0 Å². The van der Waals surface area contributed by atoms with Crippen LogP contribution in [0, 0.1) is 0 Å². The second-order valence-corrected chi connectivity index (χ2v) is 25.6. The lowest BCUT2D eigenvalue weighted by molar-refractivity contribution is 1.10. The Morgan fingerprint density at radius 3 is 0.967 bits per heavy atom. The van der Waals surface area contributed by atoms with Crippen LogP contribution in [0.1, 0.15) is 0 Å². The smallest absolute Gasteiger partial charge is 0.207 e. The van der Waals surface area contributed by atoms with Gasteiger partial charge in [0, 0.05) is 45.3 Å². The van der Waals surface area contributed by atoms with Gasteiger partial charge in [-0.1, -0.05) is 111 Å². The lowest BCUT2D eigenvalue weighted by Crippen LogP contribution is -2.58. The van der Waals surface area contributed by atoms with Crippen LogP contribution in [-0.2, 0) is 0 Å². The molecule has 0 atom stereocenters. The Balaban J connectivity index is 0.945. The molecule has 0 unspecified atom stereocenters. The number of benzene rings is 7. The van der Waals surface area contributed by atoms with Crippen LogP contribution in [0.3, 0.4) is 0 Å². The fraction of sp³-hybridized carbons (Fsp3) is 0.0800. The molecule has 3 aromatic heterocycles. The average Bonchev–Trinajstić information content (AvgIpc) is 3.94. The lowest BCUT2D eigenvalue weighted by atomic mass is 10.1. The SMILES string of the molecule is C[Si]1(C)c2ccccc2N(c2ccc(-c3nnc4c5nnc(-c6ccc(N7c8ccccc8[Si](C)(C)c8ccccc87)cc6)n5c5ccccc5n34)cc2)c2ccccc21. The summed E-state index contributed by atoms with van der Waals surface area (Å²) >= 11 is 0. The second kappa shape index (κ2) is 12.7. The summed E-state index contributed by atoms with van der Waals surface area (Å²) < 4.78 is 4.24. The number of nitrogens with zero attached hydrogens (tertiary/aromatic N) is 8. The molecule has 0 amide bonds. The zero-order chi connectivity index (χ0) is 40.3. The first-order valence-corrected chi connectivity index (χ1v) is 26.5. The first kappa shape index (κ1) is 34.9. The van der Waals surface area contributed by atoms with Crippen LogP contribution >= 0.6 is 0 Å². The summed E-state index contributed by atoms with van der Waals surface area (Å²) in [6, 6.07) is 61.4. The molecule has 0 saturated heterocycles. The maximum Gasteiger partial charge on any atom is 0.207 e. The molecule has 10 heteroatoms. The Morgan fingerprint density at radius 2 is 0.633 bits per heavy atom. The van der Waals surface area contributed by atoms with Gasteiger partial charge in [0.2, 0.25) is 11.3 Å². The van der Waals surface area contributed by atoms with E-state index < -0.39 is 16.1 Å². The van der Waals surface area contributed by atoms with E-state index in [1.54, 1.807) is 0 Å². The Morgan fingerprint density at radius 1 is 0.333 bits per heavy atom. The molecule has 0 saturated carbocycles. The third kappa shape index (κ3) is 4.82. The molecule has 0 fully saturated rings. The predicted octanol–water partition coefficient (Wildman–Crippen LogP) is 9.47. The molecule has 2 aliphatic rings. The molecule has 0 radical (unpaired) electrons. The summed E-state index contributed by atoms with van der Waals surface area (Å²) in [5.41, 5.74) is 12.4. The standard InChI is InChI=1S/C50H40N8Si2/c1-59(2)43-21-11-7-17-39(43)55(40-18-8-12-22-44(40)59)35-29-25-33(26-30-35)47-51-53-49-50-54-52-48(58(50)38-16-6-5-15-37(38)57(47)49)34-27-31-36(32-28-34)56-41-19-9-13-23-45(41)60(3,4)46-24-14-10-20-42(46)56/h5-32H,1-4H3. The van der Waals surface area contributed by atoms with E-state index in [1.165, 1.54) is 43.5 Å². The van der Waals surface area contributed by atoms with Gasteiger partial charge < -0.3 is 9.80 Å². The Bertz CT molecular complexity index is 3030. The van der Waals surface area contributed by atoms with Gasteiger partial charge in [0.15, 0.2) is 11.6 Å². The third-order valence-corrected chi connectivity index (χ3v) is 20.0. The van der Waals surface area contributed by atoms with E-state index in [2.05, 4.69) is 215 Å². The number of hydrogen-bond acceptors (Lipinski definition) is 6. The summed E-state index contributed by atoms with van der Waals surface area (Å²) in [6.07, 6.45) is 0. The van der Waals surface area contributed by atoms with Gasteiger partial charge in [-0.15, -0.1) is 20.4 Å². The highest BCUT2D eigenvalue weighted by atomic mass is 28.3. The van der Waals surface area contributed by atoms with Gasteiger partial charge in [0.25, 0.3) is 0 Å². The molecule has 10 aromatic rings. The predicted molar refractivity (Wildman–Crippen MR) is 251 cm³/mol. The van der Waals surface area contributed by atoms with Gasteiger partial charge in [0.1, 0.15) is 16.1 Å². The van der Waals surface area contributed by atoms with Crippen LogP contribution in [0.4, 0.5) is 34.1 Å². The van der Waals surface area contributed by atoms with Crippen molar-refractivity contribution in [1.29, 1.82) is 0 Å². The number of para-hydroxylation sites is 6. The average molecular weight is 809 g/mol. The number of aromatic nitrogens is 6. The second-order valence-electron chi connectivity index (χ2n) is 16.9. The summed E-state index contributed by atoms with van der Waals surface area (Å²) in [5, 5.41) is 25.0. The molecule has 5 heterocycles. The topological polar surface area (TPSA) is 66.9 Å². The van der Waals surface area contributed by atoms with Gasteiger partial charge >= 0.3 is 0 Å². The highest BCUT2D eigenvalue weighted by molar-refractivity contribution is 7.03. The zero-order valence-corrected chi connectivity index (χ0v) is 35.7. The molecule has 0 bridgehead atoms. The Labute approximate surface area is 349 Å². The van der Waals surface area contributed by atoms with Gasteiger partial charge in [-0.25, -0.2) is 0 Å². The monoisotopic (exact) mass is 808 g/mol. The molecule has 0 spiro atoms. The van der Waals surface area contributed by atoms with Crippen molar-refractivity contribution in [2.75, 3.05) is 9.80 Å². The van der Waals surface area contributed by atoms with Gasteiger partial charge in [0.05, 0.1) is 11.0 Å². The van der Waals surface area contributed by atoms with Crippen molar-refractivity contribution in [3.63, 3.8) is 0 Å². The molecule has 2 aliphatic heterocycles. The highest BCUT2D eigenvalue weighted by Crippen LogP contribution is 2.41. The minimum absolute atomic E-state index is 0.655. The van der Waals surface area contributed by atoms with Crippen molar-refractivity contribution in [1.82, 2.24) is 29.2 Å². The van der Waals surface area contributed by atoms with Crippen molar-refractivity contribution in [2.24, 2.45) is 0 Å². The maximum atomic E-state index is 4.81. The normalized spacial score (nSPS) is 14.9. The summed E-state index contributed by atoms with van der Waals surface area (Å²) in [4.78, 5) is 4.81. The minimum atomic E-state index is -1.87. The molecule has 7 aromatic carbocycles.